The number of nitrogens with two attached hydrogens (primary N) is 1. The molecule has 0 spiro atoms. The Balaban J connectivity index is 2.94. The standard InChI is InChI=1S/C13H18Cl2F2N4O3S/c1-2-19-13(20-3-4-25(18,22)23)21-7-8-5-9(14)6-10(15)11(8)24-12(16)17/h5-6,12H,2-4,7H2,1H3,(H2,18,22,23)(H2,19,20,21). The van der Waals surface area contributed by atoms with Gasteiger partial charge in [-0.2, -0.15) is 8.78 Å². The molecule has 1 aromatic rings. The molecule has 0 saturated heterocycles. The number of hydrogen-bond donors (Lipinski definition) is 3. The molecule has 0 heterocycles. The van der Waals surface area contributed by atoms with Gasteiger partial charge in [-0.15, -0.1) is 0 Å². The first kappa shape index (κ1) is 21.7. The number of sulfonamides is 1. The second kappa shape index (κ2) is 9.95. The van der Waals surface area contributed by atoms with Crippen LogP contribution in [0.25, 0.3) is 0 Å². The summed E-state index contributed by atoms with van der Waals surface area (Å²) in [5, 5.41) is 10.7. The lowest BCUT2D eigenvalue weighted by molar-refractivity contribution is -0.0503. The van der Waals surface area contributed by atoms with Crippen LogP contribution in [-0.2, 0) is 16.6 Å². The van der Waals surface area contributed by atoms with Crippen molar-refractivity contribution >= 4 is 39.2 Å². The quantitative estimate of drug-likeness (QED) is 0.441. The van der Waals surface area contributed by atoms with E-state index in [1.165, 1.54) is 12.1 Å². The number of ether oxygens (including phenoxy) is 1. The summed E-state index contributed by atoms with van der Waals surface area (Å²) >= 11 is 11.8. The van der Waals surface area contributed by atoms with E-state index in [4.69, 9.17) is 28.3 Å². The molecule has 0 bridgehead atoms. The van der Waals surface area contributed by atoms with Crippen molar-refractivity contribution in [3.8, 4) is 5.75 Å². The predicted molar refractivity (Wildman–Crippen MR) is 93.9 cm³/mol. The van der Waals surface area contributed by atoms with E-state index in [-0.39, 0.29) is 46.2 Å². The van der Waals surface area contributed by atoms with Crippen molar-refractivity contribution in [1.29, 1.82) is 0 Å². The summed E-state index contributed by atoms with van der Waals surface area (Å²) in [4.78, 5) is 4.17. The van der Waals surface area contributed by atoms with Crippen LogP contribution in [0.1, 0.15) is 12.5 Å². The fourth-order valence-electron chi connectivity index (χ4n) is 1.77. The van der Waals surface area contributed by atoms with E-state index in [1.54, 1.807) is 6.92 Å². The summed E-state index contributed by atoms with van der Waals surface area (Å²) in [6.45, 7) is -0.798. The number of primary sulfonamides is 1. The van der Waals surface area contributed by atoms with Gasteiger partial charge in [0.25, 0.3) is 0 Å². The van der Waals surface area contributed by atoms with E-state index < -0.39 is 16.6 Å². The van der Waals surface area contributed by atoms with Gasteiger partial charge in [-0.05, 0) is 19.1 Å². The third kappa shape index (κ3) is 8.52. The molecule has 0 unspecified atom stereocenters. The van der Waals surface area contributed by atoms with Crippen molar-refractivity contribution in [2.45, 2.75) is 20.1 Å². The SMILES string of the molecule is CCNC(=NCc1cc(Cl)cc(Cl)c1OC(F)F)NCCS(N)(=O)=O. The highest BCUT2D eigenvalue weighted by Gasteiger charge is 2.15. The van der Waals surface area contributed by atoms with Gasteiger partial charge in [-0.3, -0.25) is 0 Å². The Labute approximate surface area is 154 Å². The monoisotopic (exact) mass is 418 g/mol. The number of nitrogens with one attached hydrogen (secondary N) is 2. The number of nitrogens with zero attached hydrogens (tertiary/aromatic N) is 1. The number of benzene rings is 1. The van der Waals surface area contributed by atoms with Gasteiger partial charge < -0.3 is 15.4 Å². The van der Waals surface area contributed by atoms with Crippen LogP contribution in [0.15, 0.2) is 17.1 Å². The fourth-order valence-corrected chi connectivity index (χ4v) is 2.74. The molecule has 142 valence electrons. The maximum atomic E-state index is 12.5. The van der Waals surface area contributed by atoms with Crippen LogP contribution in [0.5, 0.6) is 5.75 Å². The molecule has 7 nitrogen and oxygen atoms in total. The lowest BCUT2D eigenvalue weighted by Crippen LogP contribution is -2.40. The zero-order chi connectivity index (χ0) is 19.0. The first-order chi connectivity index (χ1) is 11.6. The van der Waals surface area contributed by atoms with Crippen LogP contribution in [0.4, 0.5) is 8.78 Å². The van der Waals surface area contributed by atoms with Crippen molar-refractivity contribution in [2.24, 2.45) is 10.1 Å². The van der Waals surface area contributed by atoms with Gasteiger partial charge in [-0.1, -0.05) is 23.2 Å². The normalized spacial score (nSPS) is 12.4. The number of guanidine groups is 1. The van der Waals surface area contributed by atoms with Gasteiger partial charge in [0.1, 0.15) is 5.75 Å². The van der Waals surface area contributed by atoms with Crippen molar-refractivity contribution in [2.75, 3.05) is 18.8 Å². The molecule has 0 aliphatic carbocycles. The topological polar surface area (TPSA) is 106 Å². The minimum Gasteiger partial charge on any atom is -0.433 e. The van der Waals surface area contributed by atoms with Gasteiger partial charge >= 0.3 is 6.61 Å². The maximum Gasteiger partial charge on any atom is 0.387 e. The third-order valence-corrected chi connectivity index (χ3v) is 4.00. The summed E-state index contributed by atoms with van der Waals surface area (Å²) in [5.41, 5.74) is 0.251. The molecule has 0 aromatic heterocycles. The minimum absolute atomic E-state index is 0.0291. The Morgan fingerprint density at radius 2 is 2.04 bits per heavy atom. The van der Waals surface area contributed by atoms with Crippen LogP contribution >= 0.6 is 23.2 Å². The van der Waals surface area contributed by atoms with Crippen LogP contribution in [0, 0.1) is 0 Å². The fraction of sp³-hybridized carbons (Fsp3) is 0.462. The zero-order valence-corrected chi connectivity index (χ0v) is 15.6. The summed E-state index contributed by atoms with van der Waals surface area (Å²) in [6.07, 6.45) is 0. The lowest BCUT2D eigenvalue weighted by Gasteiger charge is -2.14. The highest BCUT2D eigenvalue weighted by molar-refractivity contribution is 7.89. The van der Waals surface area contributed by atoms with Gasteiger partial charge in [0, 0.05) is 23.7 Å². The van der Waals surface area contributed by atoms with E-state index in [2.05, 4.69) is 20.4 Å². The van der Waals surface area contributed by atoms with E-state index in [1.807, 2.05) is 0 Å². The van der Waals surface area contributed by atoms with Gasteiger partial charge in [0.2, 0.25) is 10.0 Å². The molecule has 0 atom stereocenters. The highest BCUT2D eigenvalue weighted by atomic mass is 35.5. The number of aliphatic imine (C=N–C) groups is 1. The van der Waals surface area contributed by atoms with E-state index >= 15 is 0 Å². The van der Waals surface area contributed by atoms with Crippen molar-refractivity contribution < 1.29 is 21.9 Å². The smallest absolute Gasteiger partial charge is 0.387 e. The van der Waals surface area contributed by atoms with Crippen molar-refractivity contribution in [3.05, 3.63) is 27.7 Å². The van der Waals surface area contributed by atoms with Crippen LogP contribution in [-0.4, -0.2) is 39.8 Å². The number of halogens is 4. The van der Waals surface area contributed by atoms with Crippen molar-refractivity contribution in [1.82, 2.24) is 10.6 Å². The van der Waals surface area contributed by atoms with Crippen LogP contribution in [0.2, 0.25) is 10.0 Å². The number of hydrogen-bond acceptors (Lipinski definition) is 4. The average molecular weight is 419 g/mol. The minimum atomic E-state index is -3.62. The molecule has 25 heavy (non-hydrogen) atoms. The Hall–Kier alpha value is -1.36. The highest BCUT2D eigenvalue weighted by Crippen LogP contribution is 2.34. The predicted octanol–water partition coefficient (Wildman–Crippen LogP) is 1.94. The molecule has 1 aromatic carbocycles. The Morgan fingerprint density at radius 3 is 2.60 bits per heavy atom. The van der Waals surface area contributed by atoms with Gasteiger partial charge in [0.05, 0.1) is 17.3 Å². The first-order valence-electron chi connectivity index (χ1n) is 7.07. The van der Waals surface area contributed by atoms with E-state index in [0.29, 0.717) is 6.54 Å². The second-order valence-corrected chi connectivity index (χ2v) is 7.32. The molecule has 0 aliphatic heterocycles. The molecular weight excluding hydrogens is 401 g/mol. The van der Waals surface area contributed by atoms with Crippen molar-refractivity contribution in [3.63, 3.8) is 0 Å². The Morgan fingerprint density at radius 1 is 1.36 bits per heavy atom. The molecule has 0 saturated carbocycles. The number of alkyl halides is 2. The van der Waals surface area contributed by atoms with Gasteiger partial charge in [0.15, 0.2) is 5.96 Å². The zero-order valence-electron chi connectivity index (χ0n) is 13.2. The summed E-state index contributed by atoms with van der Waals surface area (Å²) < 4.78 is 51.4. The summed E-state index contributed by atoms with van der Waals surface area (Å²) in [5.74, 6) is -0.240. The van der Waals surface area contributed by atoms with Crippen LogP contribution in [0.3, 0.4) is 0 Å². The molecule has 4 N–H and O–H groups in total. The molecule has 0 amide bonds. The Bertz CT molecular complexity index is 717. The van der Waals surface area contributed by atoms with Crippen LogP contribution < -0.4 is 20.5 Å². The Kier molecular flexibility index (Phi) is 8.63. The largest absolute Gasteiger partial charge is 0.433 e. The van der Waals surface area contributed by atoms with E-state index in [0.717, 1.165) is 0 Å². The molecule has 0 aliphatic rings. The molecule has 12 heteroatoms. The molecule has 0 fully saturated rings. The molecular formula is C13H18Cl2F2N4O3S. The average Bonchev–Trinajstić information content (AvgIpc) is 2.46. The molecule has 0 radical (unpaired) electrons. The third-order valence-electron chi connectivity index (χ3n) is 2.72. The lowest BCUT2D eigenvalue weighted by atomic mass is 10.2. The first-order valence-corrected chi connectivity index (χ1v) is 9.55. The number of rotatable bonds is 8. The summed E-state index contributed by atoms with van der Waals surface area (Å²) in [7, 11) is -3.62. The molecule has 1 rings (SSSR count). The van der Waals surface area contributed by atoms with E-state index in [9.17, 15) is 17.2 Å². The van der Waals surface area contributed by atoms with Gasteiger partial charge in [-0.25, -0.2) is 18.5 Å². The maximum absolute atomic E-state index is 12.5. The second-order valence-electron chi connectivity index (χ2n) is 4.74. The summed E-state index contributed by atoms with van der Waals surface area (Å²) in [6, 6.07) is 2.69.